The molecule has 0 saturated carbocycles. The van der Waals surface area contributed by atoms with Crippen LogP contribution in [0.5, 0.6) is 17.2 Å². The molecule has 0 atom stereocenters. The average molecular weight is 596 g/mol. The van der Waals surface area contributed by atoms with Gasteiger partial charge in [-0.3, -0.25) is 0 Å². The highest BCUT2D eigenvalue weighted by Crippen LogP contribution is 2.46. The van der Waals surface area contributed by atoms with Gasteiger partial charge in [0.1, 0.15) is 17.2 Å². The highest BCUT2D eigenvalue weighted by atomic mass is 79.9. The molecule has 3 nitrogen and oxygen atoms in total. The first kappa shape index (κ1) is 25.6. The molecule has 0 spiro atoms. The standard InChI is InChI=1S/C20H13Br2F3O2.C6H6O/c21-8-10-2-1-3-14(19(10)26)17-13(5-4-11(9-22)20(17)27)12-6-15(23)18(25)16(24)7-12;7-6-4-2-1-3-5-6/h1-7,26-27H,8-9H2;1-5,7H. The summed E-state index contributed by atoms with van der Waals surface area (Å²) in [5.74, 6) is -4.12. The molecular weight excluding hydrogens is 577 g/mol. The zero-order valence-corrected chi connectivity index (χ0v) is 20.7. The Labute approximate surface area is 211 Å². The molecular formula is C26H19Br2F3O3. The Morgan fingerprint density at radius 1 is 0.618 bits per heavy atom. The molecule has 4 rings (SSSR count). The molecule has 34 heavy (non-hydrogen) atoms. The van der Waals surface area contributed by atoms with E-state index in [9.17, 15) is 23.4 Å². The molecule has 8 heteroatoms. The predicted octanol–water partition coefficient (Wildman–Crippen LogP) is 8.03. The summed E-state index contributed by atoms with van der Waals surface area (Å²) in [5, 5.41) is 30.7. The van der Waals surface area contributed by atoms with Gasteiger partial charge >= 0.3 is 0 Å². The second-order valence-electron chi connectivity index (χ2n) is 7.17. The minimum Gasteiger partial charge on any atom is -0.508 e. The van der Waals surface area contributed by atoms with E-state index in [1.165, 1.54) is 0 Å². The van der Waals surface area contributed by atoms with Crippen molar-refractivity contribution in [1.29, 1.82) is 0 Å². The van der Waals surface area contributed by atoms with Gasteiger partial charge in [0.25, 0.3) is 0 Å². The van der Waals surface area contributed by atoms with E-state index in [4.69, 9.17) is 5.11 Å². The Morgan fingerprint density at radius 3 is 1.74 bits per heavy atom. The minimum atomic E-state index is -1.56. The Balaban J connectivity index is 0.000000396. The smallest absolute Gasteiger partial charge is 0.194 e. The SMILES string of the molecule is Oc1c(CBr)cccc1-c1c(-c2cc(F)c(F)c(F)c2)ccc(CBr)c1O.Oc1ccccc1. The number of benzene rings is 4. The van der Waals surface area contributed by atoms with Gasteiger partial charge in [0.2, 0.25) is 0 Å². The fourth-order valence-electron chi connectivity index (χ4n) is 3.30. The fraction of sp³-hybridized carbons (Fsp3) is 0.0769. The van der Waals surface area contributed by atoms with Gasteiger partial charge in [0.05, 0.1) is 0 Å². The van der Waals surface area contributed by atoms with Crippen molar-refractivity contribution < 1.29 is 28.5 Å². The van der Waals surface area contributed by atoms with Crippen LogP contribution in [0.1, 0.15) is 11.1 Å². The Hall–Kier alpha value is -2.97. The largest absolute Gasteiger partial charge is 0.508 e. The Bertz CT molecular complexity index is 1280. The summed E-state index contributed by atoms with van der Waals surface area (Å²) in [7, 11) is 0. The van der Waals surface area contributed by atoms with E-state index >= 15 is 0 Å². The number of rotatable bonds is 4. The summed E-state index contributed by atoms with van der Waals surface area (Å²) in [6.07, 6.45) is 0. The molecule has 0 fully saturated rings. The van der Waals surface area contributed by atoms with Crippen LogP contribution < -0.4 is 0 Å². The van der Waals surface area contributed by atoms with Crippen LogP contribution in [0.15, 0.2) is 72.8 Å². The average Bonchev–Trinajstić information content (AvgIpc) is 2.83. The van der Waals surface area contributed by atoms with Gasteiger partial charge in [-0.1, -0.05) is 80.4 Å². The summed E-state index contributed by atoms with van der Waals surface area (Å²) < 4.78 is 40.9. The van der Waals surface area contributed by atoms with Crippen LogP contribution in [0.4, 0.5) is 13.2 Å². The number of halogens is 5. The lowest BCUT2D eigenvalue weighted by molar-refractivity contribution is 0.447. The van der Waals surface area contributed by atoms with Gasteiger partial charge in [-0.25, -0.2) is 13.2 Å². The number of hydrogen-bond donors (Lipinski definition) is 3. The van der Waals surface area contributed by atoms with Crippen molar-refractivity contribution in [2.75, 3.05) is 0 Å². The van der Waals surface area contributed by atoms with Crippen LogP contribution in [0, 0.1) is 17.5 Å². The first-order valence-corrected chi connectivity index (χ1v) is 12.2. The number of phenolic OH excluding ortho intramolecular Hbond substituents is 3. The maximum absolute atomic E-state index is 13.8. The quantitative estimate of drug-likeness (QED) is 0.165. The number of phenols is 3. The topological polar surface area (TPSA) is 60.7 Å². The van der Waals surface area contributed by atoms with Crippen molar-refractivity contribution in [2.45, 2.75) is 10.7 Å². The van der Waals surface area contributed by atoms with E-state index in [0.717, 1.165) is 12.1 Å². The molecule has 0 heterocycles. The molecule has 0 aliphatic heterocycles. The molecule has 0 radical (unpaired) electrons. The number of para-hydroxylation sites is 2. The second kappa shape index (κ2) is 11.4. The molecule has 3 N–H and O–H groups in total. The van der Waals surface area contributed by atoms with Crippen LogP contribution >= 0.6 is 31.9 Å². The summed E-state index contributed by atoms with van der Waals surface area (Å²) in [6, 6.07) is 18.6. The van der Waals surface area contributed by atoms with Crippen LogP contribution in [-0.4, -0.2) is 15.3 Å². The van der Waals surface area contributed by atoms with E-state index in [2.05, 4.69) is 31.9 Å². The molecule has 0 saturated heterocycles. The van der Waals surface area contributed by atoms with Gasteiger partial charge in [0.15, 0.2) is 17.5 Å². The molecule has 0 aromatic heterocycles. The van der Waals surface area contributed by atoms with Gasteiger partial charge in [-0.2, -0.15) is 0 Å². The molecule has 4 aromatic carbocycles. The summed E-state index contributed by atoms with van der Waals surface area (Å²) in [6.45, 7) is 0. The van der Waals surface area contributed by atoms with Crippen molar-refractivity contribution in [3.05, 3.63) is 101 Å². The van der Waals surface area contributed by atoms with Crippen molar-refractivity contribution in [1.82, 2.24) is 0 Å². The maximum Gasteiger partial charge on any atom is 0.194 e. The zero-order valence-electron chi connectivity index (χ0n) is 17.6. The molecule has 0 bridgehead atoms. The van der Waals surface area contributed by atoms with E-state index in [1.807, 2.05) is 6.07 Å². The van der Waals surface area contributed by atoms with Gasteiger partial charge in [0, 0.05) is 32.9 Å². The third kappa shape index (κ3) is 5.56. The van der Waals surface area contributed by atoms with E-state index < -0.39 is 17.5 Å². The summed E-state index contributed by atoms with van der Waals surface area (Å²) >= 11 is 6.56. The van der Waals surface area contributed by atoms with Crippen LogP contribution in [-0.2, 0) is 10.7 Å². The highest BCUT2D eigenvalue weighted by Gasteiger charge is 2.21. The third-order valence-corrected chi connectivity index (χ3v) is 6.20. The third-order valence-electron chi connectivity index (χ3n) is 4.99. The molecule has 4 aromatic rings. The maximum atomic E-state index is 13.8. The lowest BCUT2D eigenvalue weighted by atomic mass is 9.90. The van der Waals surface area contributed by atoms with Gasteiger partial charge in [-0.05, 0) is 35.4 Å². The van der Waals surface area contributed by atoms with Crippen molar-refractivity contribution in [3.8, 4) is 39.5 Å². The van der Waals surface area contributed by atoms with Crippen molar-refractivity contribution >= 4 is 31.9 Å². The number of hydrogen-bond acceptors (Lipinski definition) is 3. The first-order valence-electron chi connectivity index (χ1n) is 9.95. The number of alkyl halides is 2. The van der Waals surface area contributed by atoms with E-state index in [1.54, 1.807) is 54.6 Å². The zero-order chi connectivity index (χ0) is 24.8. The highest BCUT2D eigenvalue weighted by molar-refractivity contribution is 9.08. The van der Waals surface area contributed by atoms with Crippen LogP contribution in [0.25, 0.3) is 22.3 Å². The molecule has 0 aliphatic rings. The molecule has 0 amide bonds. The fourth-order valence-corrected chi connectivity index (χ4v) is 4.20. The van der Waals surface area contributed by atoms with Crippen molar-refractivity contribution in [3.63, 3.8) is 0 Å². The summed E-state index contributed by atoms with van der Waals surface area (Å²) in [5.41, 5.74) is 1.92. The molecule has 0 aliphatic carbocycles. The van der Waals surface area contributed by atoms with E-state index in [-0.39, 0.29) is 28.2 Å². The van der Waals surface area contributed by atoms with E-state index in [0.29, 0.717) is 33.1 Å². The molecule has 176 valence electrons. The minimum absolute atomic E-state index is 0.0430. The number of aromatic hydroxyl groups is 3. The Kier molecular flexibility index (Phi) is 8.63. The van der Waals surface area contributed by atoms with Gasteiger partial charge < -0.3 is 15.3 Å². The first-order chi connectivity index (χ1) is 16.3. The van der Waals surface area contributed by atoms with Crippen molar-refractivity contribution in [2.24, 2.45) is 0 Å². The summed E-state index contributed by atoms with van der Waals surface area (Å²) in [4.78, 5) is 0. The molecule has 0 unspecified atom stereocenters. The lowest BCUT2D eigenvalue weighted by Gasteiger charge is -2.17. The van der Waals surface area contributed by atoms with Gasteiger partial charge in [-0.15, -0.1) is 0 Å². The lowest BCUT2D eigenvalue weighted by Crippen LogP contribution is -1.96. The van der Waals surface area contributed by atoms with Crippen LogP contribution in [0.2, 0.25) is 0 Å². The monoisotopic (exact) mass is 594 g/mol. The predicted molar refractivity (Wildman–Crippen MR) is 134 cm³/mol. The second-order valence-corrected chi connectivity index (χ2v) is 8.29. The Morgan fingerprint density at radius 2 is 1.21 bits per heavy atom. The normalized spacial score (nSPS) is 10.5. The van der Waals surface area contributed by atoms with Crippen LogP contribution in [0.3, 0.4) is 0 Å².